The number of nitriles is 1. The van der Waals surface area contributed by atoms with Crippen LogP contribution in [0, 0.1) is 11.3 Å². The van der Waals surface area contributed by atoms with Gasteiger partial charge in [0.1, 0.15) is 16.9 Å². The fourth-order valence-electron chi connectivity index (χ4n) is 7.24. The maximum absolute atomic E-state index is 9.81. The van der Waals surface area contributed by atoms with Crippen molar-refractivity contribution in [1.82, 2.24) is 4.57 Å². The molecular formula is C44H28N2O2. The molecule has 9 aromatic rings. The first-order valence-corrected chi connectivity index (χ1v) is 16.0. The third-order valence-electron chi connectivity index (χ3n) is 9.34. The van der Waals surface area contributed by atoms with Gasteiger partial charge < -0.3 is 13.4 Å². The highest BCUT2D eigenvalue weighted by atomic mass is 16.3. The molecule has 0 amide bonds. The number of nitrogens with zero attached hydrogens (tertiary/aromatic N) is 2. The normalized spacial score (nSPS) is 11.8. The van der Waals surface area contributed by atoms with E-state index >= 15 is 0 Å². The minimum atomic E-state index is 0.614. The van der Waals surface area contributed by atoms with Gasteiger partial charge in [0.2, 0.25) is 0 Å². The number of furan rings is 2. The molecule has 0 saturated carbocycles. The molecule has 0 aliphatic carbocycles. The van der Waals surface area contributed by atoms with E-state index in [0.717, 1.165) is 94.0 Å². The molecule has 0 radical (unpaired) electrons. The highest BCUT2D eigenvalue weighted by Gasteiger charge is 2.22. The Hall–Kier alpha value is -6.57. The van der Waals surface area contributed by atoms with Gasteiger partial charge >= 0.3 is 0 Å². The molecule has 48 heavy (non-hydrogen) atoms. The van der Waals surface area contributed by atoms with Gasteiger partial charge in [-0.15, -0.1) is 0 Å². The highest BCUT2D eigenvalue weighted by molar-refractivity contribution is 6.19. The van der Waals surface area contributed by atoms with Crippen molar-refractivity contribution in [2.45, 2.75) is 6.92 Å². The summed E-state index contributed by atoms with van der Waals surface area (Å²) in [5.41, 5.74) is 11.2. The fraction of sp³-hybridized carbons (Fsp3) is 0.0227. The Morgan fingerprint density at radius 2 is 1.46 bits per heavy atom. The van der Waals surface area contributed by atoms with E-state index in [1.54, 1.807) is 0 Å². The van der Waals surface area contributed by atoms with Gasteiger partial charge in [-0.1, -0.05) is 97.6 Å². The summed E-state index contributed by atoms with van der Waals surface area (Å²) >= 11 is 0. The average Bonchev–Trinajstić information content (AvgIpc) is 3.80. The van der Waals surface area contributed by atoms with Gasteiger partial charge in [-0.05, 0) is 72.2 Å². The number of benzene rings is 6. The Morgan fingerprint density at radius 3 is 2.29 bits per heavy atom. The van der Waals surface area contributed by atoms with E-state index in [0.29, 0.717) is 5.56 Å². The lowest BCUT2D eigenvalue weighted by Gasteiger charge is -2.09. The van der Waals surface area contributed by atoms with Crippen LogP contribution in [0.15, 0.2) is 143 Å². The van der Waals surface area contributed by atoms with Gasteiger partial charge in [0.15, 0.2) is 5.58 Å². The van der Waals surface area contributed by atoms with Crippen molar-refractivity contribution in [3.63, 3.8) is 0 Å². The van der Waals surface area contributed by atoms with Crippen molar-refractivity contribution in [3.05, 3.63) is 151 Å². The van der Waals surface area contributed by atoms with E-state index < -0.39 is 0 Å². The van der Waals surface area contributed by atoms with Gasteiger partial charge in [0.05, 0.1) is 28.4 Å². The molecule has 0 aliphatic rings. The Bertz CT molecular complexity index is 2820. The number of para-hydroxylation sites is 2. The van der Waals surface area contributed by atoms with Crippen molar-refractivity contribution in [1.29, 1.82) is 5.26 Å². The van der Waals surface area contributed by atoms with Crippen LogP contribution in [0.1, 0.15) is 23.8 Å². The Morgan fingerprint density at radius 1 is 0.667 bits per heavy atom. The second-order valence-electron chi connectivity index (χ2n) is 12.0. The number of rotatable bonds is 5. The van der Waals surface area contributed by atoms with Crippen molar-refractivity contribution < 1.29 is 8.83 Å². The molecule has 9 rings (SSSR count). The van der Waals surface area contributed by atoms with Crippen LogP contribution in [0.2, 0.25) is 0 Å². The van der Waals surface area contributed by atoms with Crippen molar-refractivity contribution in [2.24, 2.45) is 0 Å². The Balaban J connectivity index is 1.39. The van der Waals surface area contributed by atoms with Crippen molar-refractivity contribution in [2.75, 3.05) is 0 Å². The molecule has 0 saturated heterocycles. The van der Waals surface area contributed by atoms with Crippen LogP contribution in [0.5, 0.6) is 0 Å². The summed E-state index contributed by atoms with van der Waals surface area (Å²) in [5, 5.41) is 15.1. The lowest BCUT2D eigenvalue weighted by atomic mass is 9.93. The molecule has 0 fully saturated rings. The summed E-state index contributed by atoms with van der Waals surface area (Å²) in [5.74, 6) is 0.799. The summed E-state index contributed by atoms with van der Waals surface area (Å²) in [4.78, 5) is 0. The predicted molar refractivity (Wildman–Crippen MR) is 198 cm³/mol. The second kappa shape index (κ2) is 10.8. The van der Waals surface area contributed by atoms with E-state index in [4.69, 9.17) is 8.83 Å². The van der Waals surface area contributed by atoms with Gasteiger partial charge in [-0.25, -0.2) is 0 Å². The standard InChI is InChI=1S/C44H28N2O2/c1-3-11-40-30(4-2)36-25-29(19-23-41(36)47-40)31-21-22-32(28-12-6-5-7-13-28)44-42(31)35-15-10-17-38(43(35)48-44)46-37-16-9-8-14-33(37)34-20-18-27(26-45)24-39(34)46/h3-25H,2H2,1H3/b11-3-. The zero-order valence-electron chi connectivity index (χ0n) is 26.2. The minimum Gasteiger partial charge on any atom is -0.456 e. The van der Waals surface area contributed by atoms with Crippen LogP contribution >= 0.6 is 0 Å². The Kier molecular flexibility index (Phi) is 6.21. The molecule has 0 spiro atoms. The molecule has 0 bridgehead atoms. The van der Waals surface area contributed by atoms with Gasteiger partial charge in [0.25, 0.3) is 0 Å². The second-order valence-corrected chi connectivity index (χ2v) is 12.0. The van der Waals surface area contributed by atoms with Gasteiger partial charge in [-0.3, -0.25) is 0 Å². The zero-order chi connectivity index (χ0) is 32.4. The van der Waals surface area contributed by atoms with Crippen LogP contribution in [-0.2, 0) is 0 Å². The molecule has 0 aliphatic heterocycles. The molecule has 4 heteroatoms. The summed E-state index contributed by atoms with van der Waals surface area (Å²) in [6.45, 7) is 6.07. The fourth-order valence-corrected chi connectivity index (χ4v) is 7.24. The largest absolute Gasteiger partial charge is 0.456 e. The average molecular weight is 617 g/mol. The lowest BCUT2D eigenvalue weighted by molar-refractivity contribution is 0.603. The quantitative estimate of drug-likeness (QED) is 0.193. The Labute approximate surface area is 276 Å². The molecule has 3 aromatic heterocycles. The van der Waals surface area contributed by atoms with Crippen LogP contribution in [0.4, 0.5) is 0 Å². The summed E-state index contributed by atoms with van der Waals surface area (Å²) in [6, 6.07) is 44.0. The molecule has 4 nitrogen and oxygen atoms in total. The van der Waals surface area contributed by atoms with Crippen LogP contribution < -0.4 is 0 Å². The molecule has 3 heterocycles. The number of fused-ring (bicyclic) bond motifs is 7. The zero-order valence-corrected chi connectivity index (χ0v) is 26.2. The van der Waals surface area contributed by atoms with Gasteiger partial charge in [0, 0.05) is 38.1 Å². The number of hydrogen-bond acceptors (Lipinski definition) is 3. The third-order valence-corrected chi connectivity index (χ3v) is 9.34. The third kappa shape index (κ3) is 4.02. The van der Waals surface area contributed by atoms with E-state index in [1.165, 1.54) is 0 Å². The van der Waals surface area contributed by atoms with E-state index in [9.17, 15) is 5.26 Å². The molecular weight excluding hydrogens is 588 g/mol. The SMILES string of the molecule is C=Cc1c(/C=C\C)oc2ccc(-c3ccc(-c4ccccc4)c4oc5c(-n6c7ccccc7c7ccc(C#N)cc76)cccc5c34)cc12. The number of aromatic nitrogens is 1. The molecule has 226 valence electrons. The maximum atomic E-state index is 9.81. The number of allylic oxidation sites excluding steroid dienone is 1. The van der Waals surface area contributed by atoms with Crippen molar-refractivity contribution in [3.8, 4) is 34.0 Å². The van der Waals surface area contributed by atoms with E-state index in [1.807, 2.05) is 55.5 Å². The number of hydrogen-bond donors (Lipinski definition) is 0. The minimum absolute atomic E-state index is 0.614. The monoisotopic (exact) mass is 616 g/mol. The molecule has 6 aromatic carbocycles. The first-order chi connectivity index (χ1) is 23.7. The summed E-state index contributed by atoms with van der Waals surface area (Å²) < 4.78 is 15.5. The molecule has 0 atom stereocenters. The first-order valence-electron chi connectivity index (χ1n) is 16.0. The predicted octanol–water partition coefficient (Wildman–Crippen LogP) is 12.3. The highest BCUT2D eigenvalue weighted by Crippen LogP contribution is 2.45. The molecule has 0 unspecified atom stereocenters. The van der Waals surface area contributed by atoms with Crippen molar-refractivity contribution >= 4 is 66.9 Å². The summed E-state index contributed by atoms with van der Waals surface area (Å²) in [7, 11) is 0. The summed E-state index contributed by atoms with van der Waals surface area (Å²) in [6.07, 6.45) is 5.82. The van der Waals surface area contributed by atoms with Crippen LogP contribution in [0.25, 0.3) is 94.8 Å². The van der Waals surface area contributed by atoms with Crippen LogP contribution in [0.3, 0.4) is 0 Å². The molecule has 0 N–H and O–H groups in total. The smallest absolute Gasteiger partial charge is 0.159 e. The topological polar surface area (TPSA) is 55.0 Å². The van der Waals surface area contributed by atoms with Crippen LogP contribution in [-0.4, -0.2) is 4.57 Å². The maximum Gasteiger partial charge on any atom is 0.159 e. The van der Waals surface area contributed by atoms with Gasteiger partial charge in [-0.2, -0.15) is 5.26 Å². The van der Waals surface area contributed by atoms with E-state index in [2.05, 4.69) is 108 Å². The lowest BCUT2D eigenvalue weighted by Crippen LogP contribution is -1.94. The first kappa shape index (κ1) is 27.7. The van der Waals surface area contributed by atoms with E-state index in [-0.39, 0.29) is 0 Å².